The maximum Gasteiger partial charge on any atom is 0.453 e. The zero-order valence-corrected chi connectivity index (χ0v) is 11.7. The Morgan fingerprint density at radius 3 is 2.90 bits per heavy atom. The molecule has 118 valence electrons. The molecule has 0 bridgehead atoms. The molecule has 21 heavy (non-hydrogen) atoms. The second kappa shape index (κ2) is 6.42. The zero-order chi connectivity index (χ0) is 15.5. The van der Waals surface area contributed by atoms with Crippen LogP contribution in [0.2, 0.25) is 0 Å². The van der Waals surface area contributed by atoms with Crippen LogP contribution in [0, 0.1) is 5.92 Å². The molecule has 0 radical (unpaired) electrons. The van der Waals surface area contributed by atoms with E-state index in [9.17, 15) is 18.0 Å². The third-order valence-electron chi connectivity index (χ3n) is 3.54. The van der Waals surface area contributed by atoms with Crippen LogP contribution in [0.5, 0.6) is 0 Å². The van der Waals surface area contributed by atoms with Crippen LogP contribution < -0.4 is 5.32 Å². The Hall–Kier alpha value is -1.64. The van der Waals surface area contributed by atoms with Crippen LogP contribution in [0.4, 0.5) is 13.2 Å². The van der Waals surface area contributed by atoms with E-state index in [1.54, 1.807) is 0 Å². The highest BCUT2D eigenvalue weighted by atomic mass is 19.4. The van der Waals surface area contributed by atoms with E-state index in [0.29, 0.717) is 6.54 Å². The van der Waals surface area contributed by atoms with Crippen molar-refractivity contribution in [1.82, 2.24) is 25.4 Å². The first-order valence-corrected chi connectivity index (χ1v) is 6.88. The molecule has 1 amide bonds. The van der Waals surface area contributed by atoms with Crippen LogP contribution in [-0.4, -0.2) is 45.6 Å². The lowest BCUT2D eigenvalue weighted by molar-refractivity contribution is -0.144. The van der Waals surface area contributed by atoms with Gasteiger partial charge in [-0.15, -0.1) is 5.10 Å². The van der Waals surface area contributed by atoms with Crippen molar-refractivity contribution in [3.63, 3.8) is 0 Å². The lowest BCUT2D eigenvalue weighted by atomic mass is 9.97. The maximum absolute atomic E-state index is 12.3. The molecular weight excluding hydrogens is 287 g/mol. The van der Waals surface area contributed by atoms with Gasteiger partial charge >= 0.3 is 6.18 Å². The monoisotopic (exact) mass is 305 g/mol. The van der Waals surface area contributed by atoms with Gasteiger partial charge in [0.25, 0.3) is 5.82 Å². The number of aromatic nitrogens is 3. The minimum absolute atomic E-state index is 0.00108. The number of likely N-dealkylation sites (tertiary alicyclic amines) is 1. The number of rotatable bonds is 4. The summed E-state index contributed by atoms with van der Waals surface area (Å²) in [5.41, 5.74) is 0. The summed E-state index contributed by atoms with van der Waals surface area (Å²) in [5.74, 6) is -1.50. The number of H-pyrrole nitrogens is 1. The minimum atomic E-state index is -4.58. The lowest BCUT2D eigenvalue weighted by Gasteiger charge is -2.30. The Kier molecular flexibility index (Phi) is 4.81. The van der Waals surface area contributed by atoms with Crippen molar-refractivity contribution in [2.45, 2.75) is 32.5 Å². The largest absolute Gasteiger partial charge is 0.453 e. The van der Waals surface area contributed by atoms with Crippen molar-refractivity contribution in [2.75, 3.05) is 19.6 Å². The average molecular weight is 305 g/mol. The normalized spacial score (nSPS) is 20.5. The highest BCUT2D eigenvalue weighted by Crippen LogP contribution is 2.25. The summed E-state index contributed by atoms with van der Waals surface area (Å²) >= 11 is 0. The molecule has 1 aliphatic heterocycles. The average Bonchev–Trinajstić information content (AvgIpc) is 2.94. The molecule has 2 heterocycles. The minimum Gasteiger partial charge on any atom is -0.349 e. The van der Waals surface area contributed by atoms with Crippen molar-refractivity contribution in [3.05, 3.63) is 11.6 Å². The Balaban J connectivity index is 1.85. The molecule has 1 aromatic heterocycles. The maximum atomic E-state index is 12.3. The van der Waals surface area contributed by atoms with Crippen molar-refractivity contribution >= 4 is 5.91 Å². The van der Waals surface area contributed by atoms with Gasteiger partial charge in [-0.25, -0.2) is 4.98 Å². The van der Waals surface area contributed by atoms with Gasteiger partial charge in [0.15, 0.2) is 0 Å². The highest BCUT2D eigenvalue weighted by molar-refractivity contribution is 5.78. The van der Waals surface area contributed by atoms with E-state index in [4.69, 9.17) is 0 Å². The topological polar surface area (TPSA) is 73.9 Å². The first kappa shape index (κ1) is 15.7. The van der Waals surface area contributed by atoms with E-state index in [1.165, 1.54) is 0 Å². The molecule has 1 fully saturated rings. The molecule has 0 aromatic carbocycles. The van der Waals surface area contributed by atoms with Gasteiger partial charge < -0.3 is 10.2 Å². The van der Waals surface area contributed by atoms with Crippen LogP contribution in [0.15, 0.2) is 0 Å². The summed E-state index contributed by atoms with van der Waals surface area (Å²) < 4.78 is 37.0. The zero-order valence-electron chi connectivity index (χ0n) is 11.7. The van der Waals surface area contributed by atoms with Crippen molar-refractivity contribution in [2.24, 2.45) is 5.92 Å². The number of hydrogen-bond acceptors (Lipinski definition) is 4. The van der Waals surface area contributed by atoms with E-state index in [1.807, 2.05) is 6.92 Å². The summed E-state index contributed by atoms with van der Waals surface area (Å²) in [5, 5.41) is 7.88. The molecule has 2 N–H and O–H groups in total. The molecule has 0 unspecified atom stereocenters. The molecule has 0 aliphatic carbocycles. The second-order valence-corrected chi connectivity index (χ2v) is 5.05. The van der Waals surface area contributed by atoms with E-state index >= 15 is 0 Å². The van der Waals surface area contributed by atoms with Gasteiger partial charge in [0, 0.05) is 6.54 Å². The fourth-order valence-corrected chi connectivity index (χ4v) is 2.37. The van der Waals surface area contributed by atoms with Crippen LogP contribution in [0.25, 0.3) is 0 Å². The van der Waals surface area contributed by atoms with Crippen molar-refractivity contribution in [3.8, 4) is 0 Å². The van der Waals surface area contributed by atoms with Gasteiger partial charge in [-0.05, 0) is 25.9 Å². The van der Waals surface area contributed by atoms with Gasteiger partial charge in [0.1, 0.15) is 5.82 Å². The molecule has 1 saturated heterocycles. The highest BCUT2D eigenvalue weighted by Gasteiger charge is 2.36. The van der Waals surface area contributed by atoms with Gasteiger partial charge in [0.05, 0.1) is 12.5 Å². The third kappa shape index (κ3) is 4.16. The molecule has 0 saturated carbocycles. The molecule has 9 heteroatoms. The fourth-order valence-electron chi connectivity index (χ4n) is 2.37. The van der Waals surface area contributed by atoms with E-state index < -0.39 is 12.0 Å². The van der Waals surface area contributed by atoms with Crippen LogP contribution in [0.1, 0.15) is 31.4 Å². The number of halogens is 3. The van der Waals surface area contributed by atoms with Crippen molar-refractivity contribution < 1.29 is 18.0 Å². The summed E-state index contributed by atoms with van der Waals surface area (Å²) in [6, 6.07) is 0. The van der Waals surface area contributed by atoms with Gasteiger partial charge in [0.2, 0.25) is 5.91 Å². The fraction of sp³-hybridized carbons (Fsp3) is 0.750. The summed E-state index contributed by atoms with van der Waals surface area (Å²) in [6.07, 6.45) is -2.83. The lowest BCUT2D eigenvalue weighted by Crippen LogP contribution is -2.42. The van der Waals surface area contributed by atoms with Gasteiger partial charge in [-0.3, -0.25) is 9.89 Å². The molecule has 1 atom stereocenters. The van der Waals surface area contributed by atoms with Gasteiger partial charge in [-0.1, -0.05) is 6.92 Å². The molecule has 2 rings (SSSR count). The van der Waals surface area contributed by atoms with E-state index in [-0.39, 0.29) is 24.2 Å². The Morgan fingerprint density at radius 2 is 2.29 bits per heavy atom. The number of piperidine rings is 1. The first-order chi connectivity index (χ1) is 9.90. The molecule has 0 spiro atoms. The van der Waals surface area contributed by atoms with Crippen LogP contribution in [-0.2, 0) is 17.5 Å². The Bertz CT molecular complexity index is 487. The second-order valence-electron chi connectivity index (χ2n) is 5.05. The number of alkyl halides is 3. The smallest absolute Gasteiger partial charge is 0.349 e. The summed E-state index contributed by atoms with van der Waals surface area (Å²) in [4.78, 5) is 17.5. The summed E-state index contributed by atoms with van der Waals surface area (Å²) in [6.45, 7) is 4.52. The number of carbonyl (C=O) groups excluding carboxylic acids is 1. The molecule has 6 nitrogen and oxygen atoms in total. The SMILES string of the molecule is CCN1CCC[C@@H](C(=O)NCc2nc(C(F)(F)F)n[nH]2)C1. The Morgan fingerprint density at radius 1 is 1.52 bits per heavy atom. The molecule has 1 aliphatic rings. The predicted octanol–water partition coefficient (Wildman–Crippen LogP) is 1.17. The first-order valence-electron chi connectivity index (χ1n) is 6.88. The molecular formula is C12H18F3N5O. The number of carbonyl (C=O) groups is 1. The molecule has 1 aromatic rings. The number of nitrogens with zero attached hydrogens (tertiary/aromatic N) is 3. The van der Waals surface area contributed by atoms with Crippen LogP contribution >= 0.6 is 0 Å². The number of amides is 1. The van der Waals surface area contributed by atoms with E-state index in [0.717, 1.165) is 25.9 Å². The quantitative estimate of drug-likeness (QED) is 0.876. The van der Waals surface area contributed by atoms with Gasteiger partial charge in [-0.2, -0.15) is 13.2 Å². The Labute approximate surface area is 120 Å². The summed E-state index contributed by atoms with van der Waals surface area (Å²) in [7, 11) is 0. The number of nitrogens with one attached hydrogen (secondary N) is 2. The number of hydrogen-bond donors (Lipinski definition) is 2. The van der Waals surface area contributed by atoms with Crippen LogP contribution in [0.3, 0.4) is 0 Å². The van der Waals surface area contributed by atoms with E-state index in [2.05, 4.69) is 25.4 Å². The standard InChI is InChI=1S/C12H18F3N5O/c1-2-20-5-3-4-8(7-20)10(21)16-6-9-17-11(19-18-9)12(13,14)15/h8H,2-7H2,1H3,(H,16,21)(H,17,18,19)/t8-/m1/s1. The number of aromatic amines is 1. The predicted molar refractivity (Wildman–Crippen MR) is 68.1 cm³/mol. The van der Waals surface area contributed by atoms with Crippen molar-refractivity contribution in [1.29, 1.82) is 0 Å². The third-order valence-corrected chi connectivity index (χ3v) is 3.54.